The molecule has 1 unspecified atom stereocenters. The lowest BCUT2D eigenvalue weighted by atomic mass is 9.85. The second-order valence-electron chi connectivity index (χ2n) is 6.35. The fourth-order valence-corrected chi connectivity index (χ4v) is 2.83. The third kappa shape index (κ3) is 5.06. The van der Waals surface area contributed by atoms with E-state index in [1.807, 2.05) is 0 Å². The zero-order valence-electron chi connectivity index (χ0n) is 13.8. The van der Waals surface area contributed by atoms with Crippen molar-refractivity contribution in [3.63, 3.8) is 0 Å². The fourth-order valence-electron chi connectivity index (χ4n) is 2.83. The Hall–Kier alpha value is -1.88. The van der Waals surface area contributed by atoms with Crippen molar-refractivity contribution in [1.82, 2.24) is 5.32 Å². The van der Waals surface area contributed by atoms with Crippen LogP contribution < -0.4 is 10.1 Å². The summed E-state index contributed by atoms with van der Waals surface area (Å²) >= 11 is 0. The average Bonchev–Trinajstić information content (AvgIpc) is 2.53. The minimum absolute atomic E-state index is 0.0490. The molecule has 1 fully saturated rings. The highest BCUT2D eigenvalue weighted by molar-refractivity contribution is 5.94. The van der Waals surface area contributed by atoms with Gasteiger partial charge in [0.2, 0.25) is 0 Å². The third-order valence-electron chi connectivity index (χ3n) is 4.30. The number of carbonyl (C=O) groups is 2. The van der Waals surface area contributed by atoms with E-state index in [-0.39, 0.29) is 18.2 Å². The van der Waals surface area contributed by atoms with Crippen molar-refractivity contribution in [1.29, 1.82) is 0 Å². The highest BCUT2D eigenvalue weighted by Gasteiger charge is 2.30. The van der Waals surface area contributed by atoms with Gasteiger partial charge < -0.3 is 15.2 Å². The Balaban J connectivity index is 1.87. The summed E-state index contributed by atoms with van der Waals surface area (Å²) in [5, 5.41) is 13.2. The van der Waals surface area contributed by atoms with Crippen molar-refractivity contribution in [2.45, 2.75) is 57.7 Å². The second kappa shape index (κ2) is 7.59. The molecule has 126 valence electrons. The Bertz CT molecular complexity index is 564. The van der Waals surface area contributed by atoms with Crippen LogP contribution in [0.1, 0.15) is 56.3 Å². The van der Waals surface area contributed by atoms with Crippen LogP contribution in [0.5, 0.6) is 5.75 Å². The van der Waals surface area contributed by atoms with Gasteiger partial charge in [-0.25, -0.2) is 0 Å². The summed E-state index contributed by atoms with van der Waals surface area (Å²) in [6, 6.07) is 6.77. The summed E-state index contributed by atoms with van der Waals surface area (Å²) in [7, 11) is 0. The van der Waals surface area contributed by atoms with Crippen molar-refractivity contribution in [3.8, 4) is 5.75 Å². The second-order valence-corrected chi connectivity index (χ2v) is 6.35. The maximum Gasteiger partial charge on any atom is 0.260 e. The van der Waals surface area contributed by atoms with Crippen LogP contribution in [0, 0.1) is 0 Å². The predicted octanol–water partition coefficient (Wildman–Crippen LogP) is 2.47. The van der Waals surface area contributed by atoms with Crippen molar-refractivity contribution in [2.75, 3.05) is 6.54 Å². The summed E-state index contributed by atoms with van der Waals surface area (Å²) in [4.78, 5) is 23.5. The van der Waals surface area contributed by atoms with Gasteiger partial charge in [-0.3, -0.25) is 9.59 Å². The van der Waals surface area contributed by atoms with Gasteiger partial charge in [0, 0.05) is 12.1 Å². The van der Waals surface area contributed by atoms with E-state index in [1.54, 1.807) is 31.2 Å². The Labute approximate surface area is 137 Å². The van der Waals surface area contributed by atoms with E-state index in [1.165, 1.54) is 6.92 Å². The monoisotopic (exact) mass is 319 g/mol. The molecule has 0 aliphatic heterocycles. The summed E-state index contributed by atoms with van der Waals surface area (Å²) in [5.41, 5.74) is -0.242. The number of Topliss-reactive ketones (excluding diaryl/α,β-unsaturated/α-hetero) is 1. The SMILES string of the molecule is CC(=O)c1cccc(OC(C)C(=O)NCC2(O)CCCCC2)c1. The summed E-state index contributed by atoms with van der Waals surface area (Å²) in [6.07, 6.45) is 3.89. The molecule has 1 amide bonds. The number of ether oxygens (including phenoxy) is 1. The molecule has 0 saturated heterocycles. The third-order valence-corrected chi connectivity index (χ3v) is 4.30. The Morgan fingerprint density at radius 2 is 2.00 bits per heavy atom. The molecule has 2 N–H and O–H groups in total. The predicted molar refractivity (Wildman–Crippen MR) is 87.6 cm³/mol. The first kappa shape index (κ1) is 17.5. The summed E-state index contributed by atoms with van der Waals surface area (Å²) in [6.45, 7) is 3.40. The van der Waals surface area contributed by atoms with Gasteiger partial charge in [-0.1, -0.05) is 31.4 Å². The Kier molecular flexibility index (Phi) is 5.77. The topological polar surface area (TPSA) is 75.6 Å². The number of hydrogen-bond acceptors (Lipinski definition) is 4. The van der Waals surface area contributed by atoms with Crippen molar-refractivity contribution >= 4 is 11.7 Å². The smallest absolute Gasteiger partial charge is 0.260 e. The molecule has 1 aliphatic rings. The summed E-state index contributed by atoms with van der Waals surface area (Å²) < 4.78 is 5.59. The highest BCUT2D eigenvalue weighted by atomic mass is 16.5. The van der Waals surface area contributed by atoms with Gasteiger partial charge in [0.1, 0.15) is 5.75 Å². The maximum absolute atomic E-state index is 12.1. The van der Waals surface area contributed by atoms with Crippen LogP contribution in [0.3, 0.4) is 0 Å². The largest absolute Gasteiger partial charge is 0.481 e. The van der Waals surface area contributed by atoms with E-state index in [4.69, 9.17) is 4.74 Å². The van der Waals surface area contributed by atoms with Gasteiger partial charge in [-0.15, -0.1) is 0 Å². The molecule has 1 aromatic carbocycles. The number of ketones is 1. The first-order valence-electron chi connectivity index (χ1n) is 8.17. The number of nitrogens with one attached hydrogen (secondary N) is 1. The lowest BCUT2D eigenvalue weighted by Crippen LogP contribution is -2.47. The number of carbonyl (C=O) groups excluding carboxylic acids is 2. The van der Waals surface area contributed by atoms with E-state index in [0.29, 0.717) is 11.3 Å². The molecule has 5 heteroatoms. The first-order valence-corrected chi connectivity index (χ1v) is 8.17. The molecule has 1 aromatic rings. The molecule has 5 nitrogen and oxygen atoms in total. The van der Waals surface area contributed by atoms with Crippen LogP contribution in [0.4, 0.5) is 0 Å². The Morgan fingerprint density at radius 3 is 2.65 bits per heavy atom. The van der Waals surface area contributed by atoms with E-state index >= 15 is 0 Å². The van der Waals surface area contributed by atoms with Gasteiger partial charge in [0.25, 0.3) is 5.91 Å². The van der Waals surface area contributed by atoms with Gasteiger partial charge in [-0.05, 0) is 38.8 Å². The minimum Gasteiger partial charge on any atom is -0.481 e. The molecule has 0 heterocycles. The lowest BCUT2D eigenvalue weighted by molar-refractivity contribution is -0.128. The quantitative estimate of drug-likeness (QED) is 0.790. The van der Waals surface area contributed by atoms with Crippen LogP contribution >= 0.6 is 0 Å². The van der Waals surface area contributed by atoms with Crippen molar-refractivity contribution in [2.24, 2.45) is 0 Å². The van der Waals surface area contributed by atoms with E-state index in [2.05, 4.69) is 5.32 Å². The molecular weight excluding hydrogens is 294 g/mol. The fraction of sp³-hybridized carbons (Fsp3) is 0.556. The van der Waals surface area contributed by atoms with Crippen LogP contribution in [0.2, 0.25) is 0 Å². The molecule has 1 saturated carbocycles. The van der Waals surface area contributed by atoms with Crippen molar-refractivity contribution < 1.29 is 19.4 Å². The molecule has 1 aliphatic carbocycles. The zero-order chi connectivity index (χ0) is 16.9. The minimum atomic E-state index is -0.790. The highest BCUT2D eigenvalue weighted by Crippen LogP contribution is 2.27. The zero-order valence-corrected chi connectivity index (χ0v) is 13.8. The molecule has 0 radical (unpaired) electrons. The molecule has 0 spiro atoms. The maximum atomic E-state index is 12.1. The molecule has 0 aromatic heterocycles. The molecular formula is C18H25NO4. The number of rotatable bonds is 6. The van der Waals surface area contributed by atoms with Crippen LogP contribution in [0.15, 0.2) is 24.3 Å². The van der Waals surface area contributed by atoms with E-state index in [0.717, 1.165) is 32.1 Å². The molecule has 2 rings (SSSR count). The lowest BCUT2D eigenvalue weighted by Gasteiger charge is -2.32. The van der Waals surface area contributed by atoms with Gasteiger partial charge in [0.05, 0.1) is 5.60 Å². The number of amides is 1. The molecule has 1 atom stereocenters. The number of aliphatic hydroxyl groups is 1. The Morgan fingerprint density at radius 1 is 1.30 bits per heavy atom. The van der Waals surface area contributed by atoms with E-state index < -0.39 is 11.7 Å². The normalized spacial score (nSPS) is 18.0. The number of benzene rings is 1. The molecule has 23 heavy (non-hydrogen) atoms. The first-order chi connectivity index (χ1) is 10.9. The van der Waals surface area contributed by atoms with Gasteiger partial charge in [0.15, 0.2) is 11.9 Å². The number of hydrogen-bond donors (Lipinski definition) is 2. The van der Waals surface area contributed by atoms with Crippen LogP contribution in [0.25, 0.3) is 0 Å². The van der Waals surface area contributed by atoms with Gasteiger partial charge >= 0.3 is 0 Å². The molecule has 0 bridgehead atoms. The van der Waals surface area contributed by atoms with Crippen LogP contribution in [-0.2, 0) is 4.79 Å². The van der Waals surface area contributed by atoms with E-state index in [9.17, 15) is 14.7 Å². The van der Waals surface area contributed by atoms with Crippen molar-refractivity contribution in [3.05, 3.63) is 29.8 Å². The average molecular weight is 319 g/mol. The standard InChI is InChI=1S/C18H25NO4/c1-13(20)15-7-6-8-16(11-15)23-14(2)17(21)19-12-18(22)9-4-3-5-10-18/h6-8,11,14,22H,3-5,9-10,12H2,1-2H3,(H,19,21). The van der Waals surface area contributed by atoms with Crippen LogP contribution in [-0.4, -0.2) is 35.0 Å². The summed E-state index contributed by atoms with van der Waals surface area (Å²) in [5.74, 6) is 0.168. The van der Waals surface area contributed by atoms with Gasteiger partial charge in [-0.2, -0.15) is 0 Å².